The van der Waals surface area contributed by atoms with Gasteiger partial charge in [0.2, 0.25) is 0 Å². The van der Waals surface area contributed by atoms with Crippen molar-refractivity contribution in [3.05, 3.63) is 29.3 Å². The second-order valence-corrected chi connectivity index (χ2v) is 5.00. The third-order valence-corrected chi connectivity index (χ3v) is 3.46. The first-order valence-electron chi connectivity index (χ1n) is 6.98. The van der Waals surface area contributed by atoms with Gasteiger partial charge in [-0.3, -0.25) is 4.79 Å². The number of benzene rings is 1. The molecule has 0 bridgehead atoms. The van der Waals surface area contributed by atoms with E-state index in [0.717, 1.165) is 38.0 Å². The molecule has 1 amide bonds. The molecule has 0 aromatic heterocycles. The first kappa shape index (κ1) is 13.9. The number of hydrogen-bond acceptors (Lipinski definition) is 3. The highest BCUT2D eigenvalue weighted by Gasteiger charge is 2.19. The fourth-order valence-corrected chi connectivity index (χ4v) is 2.32. The van der Waals surface area contributed by atoms with Crippen molar-refractivity contribution in [1.82, 2.24) is 5.32 Å². The molecule has 1 aliphatic carbocycles. The van der Waals surface area contributed by atoms with Crippen LogP contribution in [0.4, 0.5) is 0 Å². The molecule has 19 heavy (non-hydrogen) atoms. The van der Waals surface area contributed by atoms with Crippen LogP contribution in [0.3, 0.4) is 0 Å². The summed E-state index contributed by atoms with van der Waals surface area (Å²) in [7, 11) is 0. The molecule has 0 radical (unpaired) electrons. The maximum absolute atomic E-state index is 11.5. The zero-order valence-corrected chi connectivity index (χ0v) is 11.4. The monoisotopic (exact) mass is 262 g/mol. The SMILES string of the molecule is CCCCNC(=O)COc1ccc2c(c1)CC[C@H]2N. The lowest BCUT2D eigenvalue weighted by Gasteiger charge is -2.09. The molecule has 1 aliphatic rings. The molecule has 4 nitrogen and oxygen atoms in total. The van der Waals surface area contributed by atoms with Gasteiger partial charge in [-0.2, -0.15) is 0 Å². The Morgan fingerprint density at radius 2 is 2.37 bits per heavy atom. The summed E-state index contributed by atoms with van der Waals surface area (Å²) in [5.74, 6) is 0.684. The number of rotatable bonds is 6. The molecule has 0 aliphatic heterocycles. The fourth-order valence-electron chi connectivity index (χ4n) is 2.32. The lowest BCUT2D eigenvalue weighted by atomic mass is 10.1. The van der Waals surface area contributed by atoms with E-state index in [9.17, 15) is 4.79 Å². The Hall–Kier alpha value is -1.55. The van der Waals surface area contributed by atoms with Crippen LogP contribution in [0, 0.1) is 0 Å². The number of nitrogens with two attached hydrogens (primary N) is 1. The summed E-state index contributed by atoms with van der Waals surface area (Å²) in [5, 5.41) is 2.83. The summed E-state index contributed by atoms with van der Waals surface area (Å²) in [5.41, 5.74) is 8.44. The smallest absolute Gasteiger partial charge is 0.257 e. The number of ether oxygens (including phenoxy) is 1. The van der Waals surface area contributed by atoms with E-state index in [1.807, 2.05) is 18.2 Å². The number of fused-ring (bicyclic) bond motifs is 1. The molecule has 4 heteroatoms. The average molecular weight is 262 g/mol. The molecule has 0 unspecified atom stereocenters. The zero-order valence-electron chi connectivity index (χ0n) is 11.4. The van der Waals surface area contributed by atoms with Crippen LogP contribution < -0.4 is 15.8 Å². The highest BCUT2D eigenvalue weighted by atomic mass is 16.5. The lowest BCUT2D eigenvalue weighted by Crippen LogP contribution is -2.29. The molecule has 0 fully saturated rings. The first-order valence-corrected chi connectivity index (χ1v) is 6.98. The van der Waals surface area contributed by atoms with Crippen LogP contribution in [0.25, 0.3) is 0 Å². The van der Waals surface area contributed by atoms with Crippen LogP contribution in [0.5, 0.6) is 5.75 Å². The largest absolute Gasteiger partial charge is 0.484 e. The number of unbranched alkanes of at least 4 members (excludes halogenated alkanes) is 1. The van der Waals surface area contributed by atoms with Crippen molar-refractivity contribution in [2.45, 2.75) is 38.6 Å². The number of hydrogen-bond donors (Lipinski definition) is 2. The highest BCUT2D eigenvalue weighted by molar-refractivity contribution is 5.77. The molecule has 3 N–H and O–H groups in total. The molecule has 2 rings (SSSR count). The summed E-state index contributed by atoms with van der Waals surface area (Å²) in [4.78, 5) is 11.5. The van der Waals surface area contributed by atoms with Gasteiger partial charge < -0.3 is 15.8 Å². The Morgan fingerprint density at radius 3 is 3.16 bits per heavy atom. The van der Waals surface area contributed by atoms with Gasteiger partial charge in [0.1, 0.15) is 5.75 Å². The van der Waals surface area contributed by atoms with Crippen LogP contribution in [0.15, 0.2) is 18.2 Å². The predicted molar refractivity (Wildman–Crippen MR) is 75.1 cm³/mol. The topological polar surface area (TPSA) is 64.3 Å². The average Bonchev–Trinajstić information content (AvgIpc) is 2.78. The highest BCUT2D eigenvalue weighted by Crippen LogP contribution is 2.31. The van der Waals surface area contributed by atoms with Gasteiger partial charge in [0, 0.05) is 12.6 Å². The van der Waals surface area contributed by atoms with E-state index in [-0.39, 0.29) is 18.6 Å². The Morgan fingerprint density at radius 1 is 1.53 bits per heavy atom. The summed E-state index contributed by atoms with van der Waals surface area (Å²) < 4.78 is 5.51. The summed E-state index contributed by atoms with van der Waals surface area (Å²) in [6.07, 6.45) is 4.07. The minimum atomic E-state index is -0.0642. The maximum atomic E-state index is 11.5. The maximum Gasteiger partial charge on any atom is 0.257 e. The first-order chi connectivity index (χ1) is 9.20. The van der Waals surface area contributed by atoms with Crippen LogP contribution in [0.2, 0.25) is 0 Å². The molecule has 0 spiro atoms. The quantitative estimate of drug-likeness (QED) is 0.770. The van der Waals surface area contributed by atoms with Gasteiger partial charge in [-0.15, -0.1) is 0 Å². The van der Waals surface area contributed by atoms with E-state index in [1.165, 1.54) is 11.1 Å². The van der Waals surface area contributed by atoms with Gasteiger partial charge in [-0.1, -0.05) is 19.4 Å². The molecule has 1 atom stereocenters. The molecular formula is C15H22N2O2. The van der Waals surface area contributed by atoms with Crippen molar-refractivity contribution in [3.8, 4) is 5.75 Å². The normalized spacial score (nSPS) is 17.1. The summed E-state index contributed by atoms with van der Waals surface area (Å²) in [6.45, 7) is 2.89. The second kappa shape index (κ2) is 6.57. The van der Waals surface area contributed by atoms with Gasteiger partial charge in [0.25, 0.3) is 5.91 Å². The molecule has 0 saturated heterocycles. The van der Waals surface area contributed by atoms with E-state index >= 15 is 0 Å². The summed E-state index contributed by atoms with van der Waals surface area (Å²) in [6, 6.07) is 6.06. The minimum absolute atomic E-state index is 0.0642. The van der Waals surface area contributed by atoms with Crippen LogP contribution in [0.1, 0.15) is 43.4 Å². The van der Waals surface area contributed by atoms with E-state index in [0.29, 0.717) is 0 Å². The van der Waals surface area contributed by atoms with Crippen molar-refractivity contribution in [2.75, 3.05) is 13.2 Å². The third-order valence-electron chi connectivity index (χ3n) is 3.46. The molecule has 1 aromatic rings. The zero-order chi connectivity index (χ0) is 13.7. The van der Waals surface area contributed by atoms with Crippen molar-refractivity contribution >= 4 is 5.91 Å². The molecule has 0 heterocycles. The number of nitrogens with one attached hydrogen (secondary N) is 1. The number of carbonyl (C=O) groups excluding carboxylic acids is 1. The standard InChI is InChI=1S/C15H22N2O2/c1-2-3-8-17-15(18)10-19-12-5-6-13-11(9-12)4-7-14(13)16/h5-6,9,14H,2-4,7-8,10,16H2,1H3,(H,17,18)/t14-/m1/s1. The Balaban J connectivity index is 1.82. The second-order valence-electron chi connectivity index (χ2n) is 5.00. The minimum Gasteiger partial charge on any atom is -0.484 e. The Labute approximate surface area is 114 Å². The fraction of sp³-hybridized carbons (Fsp3) is 0.533. The Bertz CT molecular complexity index is 446. The Kier molecular flexibility index (Phi) is 4.80. The van der Waals surface area contributed by atoms with Crippen molar-refractivity contribution < 1.29 is 9.53 Å². The van der Waals surface area contributed by atoms with Gasteiger partial charge in [0.15, 0.2) is 6.61 Å². The van der Waals surface area contributed by atoms with E-state index in [1.54, 1.807) is 0 Å². The van der Waals surface area contributed by atoms with E-state index < -0.39 is 0 Å². The number of aryl methyl sites for hydroxylation is 1. The van der Waals surface area contributed by atoms with Gasteiger partial charge in [0.05, 0.1) is 0 Å². The van der Waals surface area contributed by atoms with Crippen molar-refractivity contribution in [2.24, 2.45) is 5.73 Å². The lowest BCUT2D eigenvalue weighted by molar-refractivity contribution is -0.123. The molecular weight excluding hydrogens is 240 g/mol. The predicted octanol–water partition coefficient (Wildman–Crippen LogP) is 1.93. The van der Waals surface area contributed by atoms with Crippen molar-refractivity contribution in [1.29, 1.82) is 0 Å². The van der Waals surface area contributed by atoms with Crippen LogP contribution in [-0.2, 0) is 11.2 Å². The third kappa shape index (κ3) is 3.70. The number of amides is 1. The molecule has 1 aromatic carbocycles. The van der Waals surface area contributed by atoms with E-state index in [2.05, 4.69) is 12.2 Å². The van der Waals surface area contributed by atoms with Gasteiger partial charge in [-0.25, -0.2) is 0 Å². The van der Waals surface area contributed by atoms with Gasteiger partial charge >= 0.3 is 0 Å². The number of carbonyl (C=O) groups is 1. The van der Waals surface area contributed by atoms with E-state index in [4.69, 9.17) is 10.5 Å². The van der Waals surface area contributed by atoms with Crippen LogP contribution >= 0.6 is 0 Å². The van der Waals surface area contributed by atoms with Crippen LogP contribution in [-0.4, -0.2) is 19.1 Å². The molecule has 104 valence electrons. The van der Waals surface area contributed by atoms with Crippen molar-refractivity contribution in [3.63, 3.8) is 0 Å². The van der Waals surface area contributed by atoms with Gasteiger partial charge in [-0.05, 0) is 42.5 Å². The molecule has 0 saturated carbocycles. The summed E-state index contributed by atoms with van der Waals surface area (Å²) >= 11 is 0.